The third-order valence-electron chi connectivity index (χ3n) is 12.4. The number of hydrogen-bond acceptors (Lipinski definition) is 9. The summed E-state index contributed by atoms with van der Waals surface area (Å²) in [5.74, 6) is -0.617. The van der Waals surface area contributed by atoms with Crippen LogP contribution >= 0.6 is 0 Å². The molecule has 2 aliphatic heterocycles. The van der Waals surface area contributed by atoms with E-state index in [1.165, 1.54) is 13.2 Å². The van der Waals surface area contributed by atoms with E-state index < -0.39 is 29.7 Å². The molecule has 3 amide bonds. The van der Waals surface area contributed by atoms with Crippen LogP contribution in [0.4, 0.5) is 18.9 Å². The topological polar surface area (TPSA) is 149 Å². The molecule has 17 heteroatoms. The third-order valence-corrected chi connectivity index (χ3v) is 12.4. The lowest BCUT2D eigenvalue weighted by Gasteiger charge is -2.39. The van der Waals surface area contributed by atoms with Gasteiger partial charge in [-0.25, -0.2) is 9.78 Å². The van der Waals surface area contributed by atoms with E-state index in [0.29, 0.717) is 47.4 Å². The number of ether oxygens (including phenoxy) is 1. The number of carbonyl (C=O) groups excluding carboxylic acids is 3. The van der Waals surface area contributed by atoms with Crippen molar-refractivity contribution in [3.8, 4) is 5.75 Å². The van der Waals surface area contributed by atoms with Crippen LogP contribution in [0.1, 0.15) is 85.2 Å². The third kappa shape index (κ3) is 8.22. The molecule has 2 aromatic carbocycles. The van der Waals surface area contributed by atoms with E-state index in [4.69, 9.17) is 9.84 Å². The number of para-hydroxylation sites is 1. The number of piperidine rings is 2. The number of aromatic nitrogens is 5. The lowest BCUT2D eigenvalue weighted by molar-refractivity contribution is -0.141. The van der Waals surface area contributed by atoms with E-state index in [9.17, 15) is 32.3 Å². The van der Waals surface area contributed by atoms with Gasteiger partial charge in [0, 0.05) is 50.2 Å². The van der Waals surface area contributed by atoms with E-state index in [1.807, 2.05) is 23.0 Å². The minimum absolute atomic E-state index is 0.203. The van der Waals surface area contributed by atoms with Crippen LogP contribution in [0.15, 0.2) is 59.5 Å². The molecule has 1 unspecified atom stereocenters. The van der Waals surface area contributed by atoms with Crippen molar-refractivity contribution in [2.45, 2.75) is 82.2 Å². The second-order valence-corrected chi connectivity index (χ2v) is 16.2. The monoisotopic (exact) mass is 815 g/mol. The molecule has 1 atom stereocenters. The molecule has 312 valence electrons. The quantitative estimate of drug-likeness (QED) is 0.170. The molecule has 3 aliphatic rings. The van der Waals surface area contributed by atoms with Crippen LogP contribution in [-0.2, 0) is 29.4 Å². The van der Waals surface area contributed by atoms with E-state index in [1.54, 1.807) is 28.3 Å². The molecule has 5 aromatic rings. The fraction of sp³-hybridized carbons (Fsp3) is 0.476. The Bertz CT molecular complexity index is 2460. The predicted octanol–water partition coefficient (Wildman–Crippen LogP) is 5.67. The Morgan fingerprint density at radius 1 is 1.00 bits per heavy atom. The average Bonchev–Trinajstić information content (AvgIpc) is 3.75. The number of hydrogen-bond donors (Lipinski definition) is 2. The number of nitrogens with zero attached hydrogens (tertiary/aromatic N) is 7. The number of rotatable bonds is 10. The van der Waals surface area contributed by atoms with Crippen LogP contribution in [-0.4, -0.2) is 91.3 Å². The fourth-order valence-corrected chi connectivity index (χ4v) is 9.22. The standard InChI is InChI=1S/C42H48F3N9O5/c1-50(28-16-18-52(19-17-28)23-26-6-4-8-33-38(26)51(2)41(58)54(33)34-14-15-37(55)48-40(34)57)22-25-10-12-29(13-11-25)53-24-27-20-32(35(59-3)21-31(27)49-53)47-39(56)30-7-5-9-36(46-30)42(43,44)45/h4-9,20-21,24-25,28-29,34H,10-19,22-23H2,1-3H3,(H,47,56)(H,48,55,57). The van der Waals surface area contributed by atoms with Crippen molar-refractivity contribution in [3.05, 3.63) is 82.2 Å². The lowest BCUT2D eigenvalue weighted by Crippen LogP contribution is -2.44. The maximum absolute atomic E-state index is 13.4. The van der Waals surface area contributed by atoms with Crippen molar-refractivity contribution >= 4 is 45.3 Å². The van der Waals surface area contributed by atoms with Gasteiger partial charge in [0.05, 0.1) is 35.4 Å². The van der Waals surface area contributed by atoms with Crippen molar-refractivity contribution in [1.82, 2.24) is 39.0 Å². The molecule has 1 aliphatic carbocycles. The van der Waals surface area contributed by atoms with Gasteiger partial charge < -0.3 is 15.0 Å². The Balaban J connectivity index is 0.842. The van der Waals surface area contributed by atoms with E-state index in [-0.39, 0.29) is 29.8 Å². The molecule has 1 saturated carbocycles. The molecule has 14 nitrogen and oxygen atoms in total. The first-order chi connectivity index (χ1) is 28.3. The van der Waals surface area contributed by atoms with Crippen molar-refractivity contribution in [2.24, 2.45) is 13.0 Å². The molecule has 3 fully saturated rings. The summed E-state index contributed by atoms with van der Waals surface area (Å²) in [6.45, 7) is 3.60. The second kappa shape index (κ2) is 16.2. The van der Waals surface area contributed by atoms with Gasteiger partial charge in [0.15, 0.2) is 0 Å². The first-order valence-electron chi connectivity index (χ1n) is 20.1. The second-order valence-electron chi connectivity index (χ2n) is 16.2. The van der Waals surface area contributed by atoms with Gasteiger partial charge in [-0.3, -0.25) is 38.4 Å². The fourth-order valence-electron chi connectivity index (χ4n) is 9.22. The van der Waals surface area contributed by atoms with Crippen LogP contribution in [0.25, 0.3) is 21.9 Å². The summed E-state index contributed by atoms with van der Waals surface area (Å²) in [4.78, 5) is 59.2. The summed E-state index contributed by atoms with van der Waals surface area (Å²) in [5, 5.41) is 10.7. The summed E-state index contributed by atoms with van der Waals surface area (Å²) >= 11 is 0. The Kier molecular flexibility index (Phi) is 11.1. The highest BCUT2D eigenvalue weighted by molar-refractivity contribution is 6.05. The van der Waals surface area contributed by atoms with Gasteiger partial charge in [-0.2, -0.15) is 18.3 Å². The zero-order valence-electron chi connectivity index (χ0n) is 33.3. The highest BCUT2D eigenvalue weighted by Crippen LogP contribution is 2.36. The summed E-state index contributed by atoms with van der Waals surface area (Å²) < 4.78 is 50.2. The number of alkyl halides is 3. The molecule has 0 bridgehead atoms. The molecule has 3 aromatic heterocycles. The number of imidazole rings is 1. The van der Waals surface area contributed by atoms with Crippen LogP contribution < -0.4 is 21.1 Å². The number of benzene rings is 2. The van der Waals surface area contributed by atoms with Crippen LogP contribution in [0.2, 0.25) is 0 Å². The summed E-state index contributed by atoms with van der Waals surface area (Å²) in [5.41, 5.74) is 1.82. The van der Waals surface area contributed by atoms with E-state index in [2.05, 4.69) is 38.5 Å². The number of likely N-dealkylation sites (tertiary alicyclic amines) is 1. The molecule has 2 N–H and O–H groups in total. The normalized spacial score (nSPS) is 21.0. The number of anilines is 1. The number of amides is 3. The minimum atomic E-state index is -4.67. The van der Waals surface area contributed by atoms with E-state index in [0.717, 1.165) is 86.8 Å². The van der Waals surface area contributed by atoms with Gasteiger partial charge in [0.2, 0.25) is 11.8 Å². The van der Waals surface area contributed by atoms with Crippen molar-refractivity contribution in [2.75, 3.05) is 39.1 Å². The maximum atomic E-state index is 13.4. The summed E-state index contributed by atoms with van der Waals surface area (Å²) in [6.07, 6.45) is 3.97. The van der Waals surface area contributed by atoms with Crippen LogP contribution in [0.3, 0.4) is 0 Å². The predicted molar refractivity (Wildman–Crippen MR) is 214 cm³/mol. The Labute approximate surface area is 338 Å². The van der Waals surface area contributed by atoms with Crippen LogP contribution in [0, 0.1) is 5.92 Å². The SMILES string of the molecule is COc1cc2nn(C3CCC(CN(C)C4CCN(Cc5cccc6c5n(C)c(=O)n6C5CCC(=O)NC5=O)CC4)CC3)cc2cc1NC(=O)c1cccc(C(F)(F)F)n1. The zero-order chi connectivity index (χ0) is 41.6. The van der Waals surface area contributed by atoms with Crippen LogP contribution in [0.5, 0.6) is 5.75 Å². The minimum Gasteiger partial charge on any atom is -0.494 e. The molecular formula is C42H48F3N9O5. The number of pyridine rings is 1. The van der Waals surface area contributed by atoms with E-state index >= 15 is 0 Å². The first-order valence-corrected chi connectivity index (χ1v) is 20.1. The Morgan fingerprint density at radius 3 is 2.46 bits per heavy atom. The summed E-state index contributed by atoms with van der Waals surface area (Å²) in [7, 11) is 5.43. The Hall–Kier alpha value is -5.55. The van der Waals surface area contributed by atoms with Gasteiger partial charge in [0.25, 0.3) is 5.91 Å². The highest BCUT2D eigenvalue weighted by atomic mass is 19.4. The molecule has 0 spiro atoms. The number of methoxy groups -OCH3 is 1. The first kappa shape index (κ1) is 40.2. The number of fused-ring (bicyclic) bond motifs is 2. The molecule has 0 radical (unpaired) electrons. The number of nitrogens with one attached hydrogen (secondary N) is 2. The van der Waals surface area contributed by atoms with Crippen molar-refractivity contribution in [3.63, 3.8) is 0 Å². The van der Waals surface area contributed by atoms with Gasteiger partial charge in [-0.05, 0) is 101 Å². The lowest BCUT2D eigenvalue weighted by atomic mass is 9.85. The van der Waals surface area contributed by atoms with Gasteiger partial charge in [-0.15, -0.1) is 0 Å². The molecule has 5 heterocycles. The number of halogens is 3. The number of carbonyl (C=O) groups is 3. The maximum Gasteiger partial charge on any atom is 0.433 e. The van der Waals surface area contributed by atoms with Gasteiger partial charge in [-0.1, -0.05) is 18.2 Å². The van der Waals surface area contributed by atoms with Gasteiger partial charge in [0.1, 0.15) is 23.2 Å². The molecule has 59 heavy (non-hydrogen) atoms. The smallest absolute Gasteiger partial charge is 0.433 e. The molecule has 2 saturated heterocycles. The largest absolute Gasteiger partial charge is 0.494 e. The number of imide groups is 1. The summed E-state index contributed by atoms with van der Waals surface area (Å²) in [6, 6.07) is 12.5. The van der Waals surface area contributed by atoms with Gasteiger partial charge >= 0.3 is 11.9 Å². The van der Waals surface area contributed by atoms with Crippen molar-refractivity contribution < 1.29 is 32.3 Å². The zero-order valence-corrected chi connectivity index (χ0v) is 33.3. The average molecular weight is 816 g/mol. The Morgan fingerprint density at radius 2 is 1.75 bits per heavy atom. The molecular weight excluding hydrogens is 768 g/mol. The highest BCUT2D eigenvalue weighted by Gasteiger charge is 2.34. The molecule has 8 rings (SSSR count). The number of aryl methyl sites for hydroxylation is 1. The van der Waals surface area contributed by atoms with Crippen molar-refractivity contribution in [1.29, 1.82) is 0 Å².